The first-order valence-electron chi connectivity index (χ1n) is 4.29. The number of hydrogen-bond acceptors (Lipinski definition) is 3. The van der Waals surface area contributed by atoms with Gasteiger partial charge in [0.05, 0.1) is 18.8 Å². The zero-order chi connectivity index (χ0) is 9.68. The normalized spacial score (nSPS) is 12.5. The minimum absolute atomic E-state index is 0.140. The predicted octanol–water partition coefficient (Wildman–Crippen LogP) is 0.633. The van der Waals surface area contributed by atoms with Crippen LogP contribution in [0.2, 0.25) is 0 Å². The molecule has 0 saturated heterocycles. The first-order chi connectivity index (χ1) is 6.24. The van der Waals surface area contributed by atoms with E-state index in [2.05, 4.69) is 5.32 Å². The van der Waals surface area contributed by atoms with Crippen LogP contribution in [0.4, 0.5) is 0 Å². The van der Waals surface area contributed by atoms with E-state index in [1.165, 1.54) is 0 Å². The van der Waals surface area contributed by atoms with Crippen LogP contribution < -0.4 is 11.1 Å². The number of rotatable bonds is 4. The molecule has 1 amide bonds. The molecule has 1 aromatic rings. The van der Waals surface area contributed by atoms with Crippen molar-refractivity contribution in [3.63, 3.8) is 0 Å². The molecule has 4 nitrogen and oxygen atoms in total. The lowest BCUT2D eigenvalue weighted by Gasteiger charge is -2.08. The van der Waals surface area contributed by atoms with E-state index >= 15 is 0 Å². The lowest BCUT2D eigenvalue weighted by atomic mass is 10.2. The van der Waals surface area contributed by atoms with Crippen molar-refractivity contribution in [2.24, 2.45) is 5.73 Å². The molecule has 0 aliphatic heterocycles. The minimum Gasteiger partial charge on any atom is -0.467 e. The lowest BCUT2D eigenvalue weighted by Crippen LogP contribution is -2.39. The maximum Gasteiger partial charge on any atom is 0.237 e. The number of carbonyl (C=O) groups is 1. The summed E-state index contributed by atoms with van der Waals surface area (Å²) in [5.41, 5.74) is 5.51. The highest BCUT2D eigenvalue weighted by Crippen LogP contribution is 1.98. The highest BCUT2D eigenvalue weighted by molar-refractivity contribution is 5.81. The van der Waals surface area contributed by atoms with Crippen molar-refractivity contribution < 1.29 is 9.21 Å². The summed E-state index contributed by atoms with van der Waals surface area (Å²) in [6.45, 7) is 2.27. The molecule has 0 bridgehead atoms. The number of furan rings is 1. The van der Waals surface area contributed by atoms with Gasteiger partial charge in [0.15, 0.2) is 0 Å². The summed E-state index contributed by atoms with van der Waals surface area (Å²) >= 11 is 0. The van der Waals surface area contributed by atoms with Crippen molar-refractivity contribution >= 4 is 5.91 Å². The fraction of sp³-hybridized carbons (Fsp3) is 0.444. The largest absolute Gasteiger partial charge is 0.467 e. The van der Waals surface area contributed by atoms with E-state index in [-0.39, 0.29) is 5.91 Å². The van der Waals surface area contributed by atoms with Gasteiger partial charge < -0.3 is 15.5 Å². The Kier molecular flexibility index (Phi) is 3.52. The minimum atomic E-state index is -0.421. The molecule has 1 aromatic heterocycles. The molecule has 1 atom stereocenters. The van der Waals surface area contributed by atoms with Crippen molar-refractivity contribution in [2.45, 2.75) is 25.9 Å². The van der Waals surface area contributed by atoms with Crippen molar-refractivity contribution in [3.8, 4) is 0 Å². The van der Waals surface area contributed by atoms with Crippen molar-refractivity contribution in [3.05, 3.63) is 24.2 Å². The van der Waals surface area contributed by atoms with Gasteiger partial charge in [-0.1, -0.05) is 6.92 Å². The van der Waals surface area contributed by atoms with Crippen LogP contribution in [-0.4, -0.2) is 11.9 Å². The van der Waals surface area contributed by atoms with E-state index in [1.807, 2.05) is 6.92 Å². The topological polar surface area (TPSA) is 68.3 Å². The Morgan fingerprint density at radius 2 is 2.54 bits per heavy atom. The van der Waals surface area contributed by atoms with Gasteiger partial charge in [-0.05, 0) is 18.6 Å². The molecule has 1 rings (SSSR count). The zero-order valence-electron chi connectivity index (χ0n) is 7.62. The van der Waals surface area contributed by atoms with Gasteiger partial charge in [-0.2, -0.15) is 0 Å². The van der Waals surface area contributed by atoms with Crippen LogP contribution in [0.1, 0.15) is 19.1 Å². The quantitative estimate of drug-likeness (QED) is 0.717. The smallest absolute Gasteiger partial charge is 0.237 e. The zero-order valence-corrected chi connectivity index (χ0v) is 7.62. The van der Waals surface area contributed by atoms with Crippen LogP contribution >= 0.6 is 0 Å². The number of hydrogen-bond donors (Lipinski definition) is 2. The Balaban J connectivity index is 2.31. The van der Waals surface area contributed by atoms with Gasteiger partial charge in [0.2, 0.25) is 5.91 Å². The van der Waals surface area contributed by atoms with E-state index in [0.29, 0.717) is 13.0 Å². The second-order valence-corrected chi connectivity index (χ2v) is 2.81. The summed E-state index contributed by atoms with van der Waals surface area (Å²) in [5, 5.41) is 2.68. The molecule has 0 aliphatic carbocycles. The lowest BCUT2D eigenvalue weighted by molar-refractivity contribution is -0.122. The molecular formula is C9H14N2O2. The fourth-order valence-electron chi connectivity index (χ4n) is 0.904. The van der Waals surface area contributed by atoms with Crippen molar-refractivity contribution in [1.29, 1.82) is 0 Å². The maximum atomic E-state index is 11.2. The molecule has 0 fully saturated rings. The van der Waals surface area contributed by atoms with E-state index in [4.69, 9.17) is 10.2 Å². The average Bonchev–Trinajstić information content (AvgIpc) is 2.65. The Morgan fingerprint density at radius 1 is 1.77 bits per heavy atom. The molecule has 0 radical (unpaired) electrons. The first-order valence-corrected chi connectivity index (χ1v) is 4.29. The molecule has 0 aromatic carbocycles. The summed E-state index contributed by atoms with van der Waals surface area (Å²) in [6.07, 6.45) is 2.21. The summed E-state index contributed by atoms with van der Waals surface area (Å²) in [7, 11) is 0. The van der Waals surface area contributed by atoms with Crippen molar-refractivity contribution in [2.75, 3.05) is 0 Å². The molecule has 4 heteroatoms. The SMILES string of the molecule is CC[C@H](N)C(=O)NCc1ccco1. The molecule has 1 heterocycles. The van der Waals surface area contributed by atoms with E-state index in [9.17, 15) is 4.79 Å². The summed E-state index contributed by atoms with van der Waals surface area (Å²) < 4.78 is 5.04. The number of nitrogens with one attached hydrogen (secondary N) is 1. The van der Waals surface area contributed by atoms with Crippen LogP contribution in [0.25, 0.3) is 0 Å². The van der Waals surface area contributed by atoms with Gasteiger partial charge in [-0.3, -0.25) is 4.79 Å². The Morgan fingerprint density at radius 3 is 3.08 bits per heavy atom. The van der Waals surface area contributed by atoms with Gasteiger partial charge in [-0.15, -0.1) is 0 Å². The molecular weight excluding hydrogens is 168 g/mol. The van der Waals surface area contributed by atoms with Crippen LogP contribution in [0.3, 0.4) is 0 Å². The molecule has 0 saturated carbocycles. The third-order valence-electron chi connectivity index (χ3n) is 1.79. The van der Waals surface area contributed by atoms with E-state index < -0.39 is 6.04 Å². The summed E-state index contributed by atoms with van der Waals surface area (Å²) in [4.78, 5) is 11.2. The van der Waals surface area contributed by atoms with Crippen molar-refractivity contribution in [1.82, 2.24) is 5.32 Å². The molecule has 13 heavy (non-hydrogen) atoms. The fourth-order valence-corrected chi connectivity index (χ4v) is 0.904. The van der Waals surface area contributed by atoms with Crippen LogP contribution in [-0.2, 0) is 11.3 Å². The Hall–Kier alpha value is -1.29. The third-order valence-corrected chi connectivity index (χ3v) is 1.79. The Bertz CT molecular complexity index is 257. The number of carbonyl (C=O) groups excluding carboxylic acids is 1. The number of nitrogens with two attached hydrogens (primary N) is 1. The average molecular weight is 182 g/mol. The first kappa shape index (κ1) is 9.80. The standard InChI is InChI=1S/C9H14N2O2/c1-2-8(10)9(12)11-6-7-4-3-5-13-7/h3-5,8H,2,6,10H2,1H3,(H,11,12)/t8-/m0/s1. The van der Waals surface area contributed by atoms with Gasteiger partial charge >= 0.3 is 0 Å². The van der Waals surface area contributed by atoms with E-state index in [1.54, 1.807) is 18.4 Å². The molecule has 3 N–H and O–H groups in total. The van der Waals surface area contributed by atoms with Gasteiger partial charge in [-0.25, -0.2) is 0 Å². The monoisotopic (exact) mass is 182 g/mol. The van der Waals surface area contributed by atoms with Gasteiger partial charge in [0, 0.05) is 0 Å². The second kappa shape index (κ2) is 4.67. The number of amides is 1. The van der Waals surface area contributed by atoms with Gasteiger partial charge in [0.1, 0.15) is 5.76 Å². The maximum absolute atomic E-state index is 11.2. The van der Waals surface area contributed by atoms with E-state index in [0.717, 1.165) is 5.76 Å². The van der Waals surface area contributed by atoms with Crippen LogP contribution in [0, 0.1) is 0 Å². The molecule has 0 aliphatic rings. The van der Waals surface area contributed by atoms with Gasteiger partial charge in [0.25, 0.3) is 0 Å². The predicted molar refractivity (Wildman–Crippen MR) is 48.8 cm³/mol. The molecule has 0 spiro atoms. The Labute approximate surface area is 77.1 Å². The summed E-state index contributed by atoms with van der Waals surface area (Å²) in [6, 6.07) is 3.16. The molecule has 72 valence electrons. The van der Waals surface area contributed by atoms with Crippen LogP contribution in [0.5, 0.6) is 0 Å². The third kappa shape index (κ3) is 2.91. The highest BCUT2D eigenvalue weighted by Gasteiger charge is 2.10. The second-order valence-electron chi connectivity index (χ2n) is 2.81. The molecule has 0 unspecified atom stereocenters. The van der Waals surface area contributed by atoms with Crippen LogP contribution in [0.15, 0.2) is 22.8 Å². The highest BCUT2D eigenvalue weighted by atomic mass is 16.3. The summed E-state index contributed by atoms with van der Waals surface area (Å²) in [5.74, 6) is 0.593.